The van der Waals surface area contributed by atoms with Gasteiger partial charge < -0.3 is 14.8 Å². The number of ketones is 1. The summed E-state index contributed by atoms with van der Waals surface area (Å²) in [6, 6.07) is 7.26. The van der Waals surface area contributed by atoms with Crippen LogP contribution in [-0.4, -0.2) is 78.2 Å². The fourth-order valence-electron chi connectivity index (χ4n) is 5.30. The van der Waals surface area contributed by atoms with Crippen LogP contribution >= 0.6 is 0 Å². The van der Waals surface area contributed by atoms with Crippen LogP contribution in [0.2, 0.25) is 0 Å². The van der Waals surface area contributed by atoms with Gasteiger partial charge in [0.1, 0.15) is 11.9 Å². The molecule has 2 N–H and O–H groups in total. The molecule has 5 rings (SSSR count). The number of methoxy groups -OCH3 is 1. The van der Waals surface area contributed by atoms with Crippen molar-refractivity contribution in [1.29, 1.82) is 0 Å². The number of nitrogens with one attached hydrogen (secondary N) is 2. The number of benzene rings is 2. The second-order valence-electron chi connectivity index (χ2n) is 10.3. The molecule has 2 aliphatic heterocycles. The van der Waals surface area contributed by atoms with Crippen molar-refractivity contribution in [3.8, 4) is 0 Å². The second-order valence-corrected chi connectivity index (χ2v) is 10.3. The Morgan fingerprint density at radius 2 is 1.88 bits per heavy atom. The van der Waals surface area contributed by atoms with Gasteiger partial charge in [-0.25, -0.2) is 23.8 Å². The van der Waals surface area contributed by atoms with Crippen LogP contribution in [0.4, 0.5) is 32.8 Å². The van der Waals surface area contributed by atoms with E-state index in [9.17, 15) is 36.7 Å². The van der Waals surface area contributed by atoms with Crippen LogP contribution in [0.15, 0.2) is 47.5 Å². The molecule has 2 aromatic rings. The highest BCUT2D eigenvalue weighted by Gasteiger charge is 2.61. The minimum Gasteiger partial charge on any atom is -0.452 e. The number of halogens is 4. The molecule has 1 aliphatic carbocycles. The van der Waals surface area contributed by atoms with Crippen molar-refractivity contribution in [3.63, 3.8) is 0 Å². The Labute approximate surface area is 242 Å². The molecule has 228 valence electrons. The molecule has 3 atom stereocenters. The smallest absolute Gasteiger partial charge is 0.419 e. The van der Waals surface area contributed by atoms with E-state index in [0.717, 1.165) is 19.1 Å². The first-order chi connectivity index (χ1) is 20.3. The number of rotatable bonds is 7. The molecule has 1 saturated heterocycles. The number of aryl methyl sites for hydroxylation is 1. The number of fused-ring (bicyclic) bond motifs is 2. The number of alkyl halides is 3. The minimum atomic E-state index is -4.80. The zero-order chi connectivity index (χ0) is 31.1. The third kappa shape index (κ3) is 5.63. The van der Waals surface area contributed by atoms with Crippen LogP contribution in [0.3, 0.4) is 0 Å². The summed E-state index contributed by atoms with van der Waals surface area (Å²) in [5.74, 6) is -2.21. The topological polar surface area (TPSA) is 130 Å². The van der Waals surface area contributed by atoms with E-state index in [0.29, 0.717) is 34.8 Å². The lowest BCUT2D eigenvalue weighted by Gasteiger charge is -2.29. The van der Waals surface area contributed by atoms with Crippen LogP contribution in [-0.2, 0) is 37.5 Å². The highest BCUT2D eigenvalue weighted by molar-refractivity contribution is 6.08. The van der Waals surface area contributed by atoms with E-state index in [1.54, 1.807) is 18.2 Å². The third-order valence-electron chi connectivity index (χ3n) is 7.55. The molecule has 1 unspecified atom stereocenters. The molecule has 0 aromatic heterocycles. The summed E-state index contributed by atoms with van der Waals surface area (Å²) >= 11 is 0. The van der Waals surface area contributed by atoms with Gasteiger partial charge >= 0.3 is 18.4 Å². The van der Waals surface area contributed by atoms with Crippen molar-refractivity contribution in [3.05, 3.63) is 65.0 Å². The van der Waals surface area contributed by atoms with E-state index in [1.165, 1.54) is 24.1 Å². The maximum atomic E-state index is 13.9. The molecule has 1 spiro atoms. The molecule has 0 radical (unpaired) electrons. The second kappa shape index (κ2) is 11.3. The molecule has 1 fully saturated rings. The average Bonchev–Trinajstić information content (AvgIpc) is 3.64. The van der Waals surface area contributed by atoms with Crippen LogP contribution in [0, 0.1) is 5.82 Å². The number of amides is 3. The maximum absolute atomic E-state index is 13.9. The van der Waals surface area contributed by atoms with E-state index < -0.39 is 60.1 Å². The van der Waals surface area contributed by atoms with E-state index in [4.69, 9.17) is 9.47 Å². The third-order valence-corrected chi connectivity index (χ3v) is 7.55. The molecule has 43 heavy (non-hydrogen) atoms. The van der Waals surface area contributed by atoms with Crippen molar-refractivity contribution in [2.75, 3.05) is 25.5 Å². The molecule has 2 heterocycles. The number of carbonyl (C=O) groups excluding carboxylic acids is 4. The van der Waals surface area contributed by atoms with Crippen LogP contribution in [0.25, 0.3) is 0 Å². The molecule has 0 saturated carbocycles. The summed E-state index contributed by atoms with van der Waals surface area (Å²) in [5, 5.41) is 5.11. The predicted octanol–water partition coefficient (Wildman–Crippen LogP) is 3.47. The summed E-state index contributed by atoms with van der Waals surface area (Å²) in [4.78, 5) is 58.3. The van der Waals surface area contributed by atoms with E-state index in [-0.39, 0.29) is 24.4 Å². The summed E-state index contributed by atoms with van der Waals surface area (Å²) < 4.78 is 64.2. The summed E-state index contributed by atoms with van der Waals surface area (Å²) in [6.07, 6.45) is -8.88. The molecule has 0 bridgehead atoms. The molecule has 2 aromatic carbocycles. The van der Waals surface area contributed by atoms with Gasteiger partial charge in [-0.2, -0.15) is 13.2 Å². The largest absolute Gasteiger partial charge is 0.452 e. The van der Waals surface area contributed by atoms with Crippen molar-refractivity contribution in [2.24, 2.45) is 4.99 Å². The van der Waals surface area contributed by atoms with Crippen molar-refractivity contribution < 1.29 is 46.2 Å². The summed E-state index contributed by atoms with van der Waals surface area (Å²) in [5.41, 5.74) is -0.109. The number of nitrogens with zero attached hydrogens (tertiary/aromatic N) is 3. The van der Waals surface area contributed by atoms with Gasteiger partial charge in [-0.1, -0.05) is 18.2 Å². The van der Waals surface area contributed by atoms with Gasteiger partial charge in [-0.05, 0) is 48.7 Å². The molecule has 11 nitrogen and oxygen atoms in total. The quantitative estimate of drug-likeness (QED) is 0.459. The highest BCUT2D eigenvalue weighted by atomic mass is 19.4. The fourth-order valence-corrected chi connectivity index (χ4v) is 5.30. The number of ether oxygens (including phenoxy) is 2. The van der Waals surface area contributed by atoms with Crippen LogP contribution < -0.4 is 10.6 Å². The Morgan fingerprint density at radius 1 is 1.16 bits per heavy atom. The zero-order valence-corrected chi connectivity index (χ0v) is 23.0. The lowest BCUT2D eigenvalue weighted by molar-refractivity contribution is -0.160. The minimum absolute atomic E-state index is 0.00418. The lowest BCUT2D eigenvalue weighted by Crippen LogP contribution is -2.59. The lowest BCUT2D eigenvalue weighted by atomic mass is 9.94. The van der Waals surface area contributed by atoms with Crippen molar-refractivity contribution in [2.45, 2.75) is 50.2 Å². The number of hydrogen-bond acceptors (Lipinski definition) is 9. The first kappa shape index (κ1) is 29.9. The Bertz CT molecular complexity index is 1500. The van der Waals surface area contributed by atoms with Crippen molar-refractivity contribution in [1.82, 2.24) is 15.1 Å². The number of anilines is 1. The van der Waals surface area contributed by atoms with Gasteiger partial charge in [0.05, 0.1) is 20.2 Å². The number of carbonyl (C=O) groups is 4. The predicted molar refractivity (Wildman–Crippen MR) is 142 cm³/mol. The Kier molecular flexibility index (Phi) is 7.86. The van der Waals surface area contributed by atoms with E-state index >= 15 is 0 Å². The number of guanidine groups is 1. The first-order valence-corrected chi connectivity index (χ1v) is 13.3. The zero-order valence-electron chi connectivity index (χ0n) is 23.0. The number of hydrogen-bond donors (Lipinski definition) is 2. The fraction of sp³-hybridized carbons (Fsp3) is 0.393. The molecular formula is C28H27F4N5O6. The van der Waals surface area contributed by atoms with Crippen LogP contribution in [0.1, 0.15) is 30.0 Å². The van der Waals surface area contributed by atoms with Gasteiger partial charge in [-0.15, -0.1) is 0 Å². The summed E-state index contributed by atoms with van der Waals surface area (Å²) in [7, 11) is 1.25. The SMILES string of the molecule is COC(=O)N1CCN=C1Nc1ccc2c(c1)CC[C@@]21OC(=O)N(C(N[C@@H](C)C(F)(F)F)C(=O)Cc2ccc(F)cc2)C1=O. The van der Waals surface area contributed by atoms with E-state index in [1.807, 2.05) is 0 Å². The van der Waals surface area contributed by atoms with E-state index in [2.05, 4.69) is 15.6 Å². The average molecular weight is 606 g/mol. The normalized spacial score (nSPS) is 21.0. The van der Waals surface area contributed by atoms with Crippen LogP contribution in [0.5, 0.6) is 0 Å². The Balaban J connectivity index is 1.41. The molecular weight excluding hydrogens is 578 g/mol. The number of imide groups is 1. The highest BCUT2D eigenvalue weighted by Crippen LogP contribution is 2.46. The maximum Gasteiger partial charge on any atom is 0.419 e. The number of Topliss-reactive ketones (excluding diaryl/α,β-unsaturated/α-hetero) is 1. The number of aliphatic imine (C=N–C) groups is 1. The van der Waals surface area contributed by atoms with Gasteiger partial charge in [0.25, 0.3) is 5.91 Å². The first-order valence-electron chi connectivity index (χ1n) is 13.3. The van der Waals surface area contributed by atoms with Gasteiger partial charge in [-0.3, -0.25) is 19.9 Å². The Morgan fingerprint density at radius 3 is 2.56 bits per heavy atom. The summed E-state index contributed by atoms with van der Waals surface area (Å²) in [6.45, 7) is 1.45. The standard InChI is InChI=1S/C28H27F4N5O6/c1-15(28(30,31)32)34-22(21(38)13-16-3-5-18(29)6-4-16)37-23(39)27(43-26(37)41)10-9-17-14-19(7-8-20(17)27)35-24-33-11-12-36(24)25(40)42-2/h3-8,14-15,22,34H,9-13H2,1-2H3,(H,33,35)/t15-,22?,27+/m0/s1. The monoisotopic (exact) mass is 605 g/mol. The Hall–Kier alpha value is -4.53. The van der Waals surface area contributed by atoms with Gasteiger partial charge in [0, 0.05) is 24.1 Å². The molecule has 3 aliphatic rings. The van der Waals surface area contributed by atoms with Gasteiger partial charge in [0.15, 0.2) is 11.9 Å². The van der Waals surface area contributed by atoms with Crippen molar-refractivity contribution >= 4 is 35.5 Å². The molecule has 3 amide bonds. The van der Waals surface area contributed by atoms with Gasteiger partial charge in [0.2, 0.25) is 11.6 Å². The molecule has 15 heteroatoms.